The Labute approximate surface area is 139 Å². The van der Waals surface area contributed by atoms with Gasteiger partial charge in [0.25, 0.3) is 0 Å². The second kappa shape index (κ2) is 6.95. The summed E-state index contributed by atoms with van der Waals surface area (Å²) in [6, 6.07) is 4.00. The van der Waals surface area contributed by atoms with E-state index in [0.29, 0.717) is 18.6 Å². The number of esters is 1. The zero-order valence-corrected chi connectivity index (χ0v) is 15.4. The van der Waals surface area contributed by atoms with Gasteiger partial charge >= 0.3 is 5.97 Å². The Bertz CT molecular complexity index is 501. The molecule has 0 saturated heterocycles. The fraction of sp³-hybridized carbons (Fsp3) is 0.611. The highest BCUT2D eigenvalue weighted by Gasteiger charge is 2.26. The fourth-order valence-electron chi connectivity index (χ4n) is 2.37. The summed E-state index contributed by atoms with van der Waals surface area (Å²) in [4.78, 5) is 11.5. The largest absolute Gasteiger partial charge is 0.507 e. The molecule has 0 saturated carbocycles. The third-order valence-corrected chi connectivity index (χ3v) is 3.76. The molecular formula is C18H28O3S. The average molecular weight is 324 g/mol. The molecular weight excluding hydrogens is 296 g/mol. The minimum atomic E-state index is -0.252. The molecule has 0 aliphatic rings. The minimum absolute atomic E-state index is 0.106. The van der Waals surface area contributed by atoms with Crippen molar-refractivity contribution < 1.29 is 14.6 Å². The van der Waals surface area contributed by atoms with Crippen LogP contribution in [0.15, 0.2) is 12.1 Å². The van der Waals surface area contributed by atoms with Gasteiger partial charge in [-0.05, 0) is 33.9 Å². The van der Waals surface area contributed by atoms with Gasteiger partial charge in [0, 0.05) is 6.42 Å². The highest BCUT2D eigenvalue weighted by Crippen LogP contribution is 2.39. The molecule has 0 fully saturated rings. The summed E-state index contributed by atoms with van der Waals surface area (Å²) in [6.45, 7) is 12.5. The van der Waals surface area contributed by atoms with E-state index in [-0.39, 0.29) is 22.7 Å². The summed E-state index contributed by atoms with van der Waals surface area (Å²) < 4.78 is 4.86. The van der Waals surface area contributed by atoms with Gasteiger partial charge in [-0.1, -0.05) is 53.7 Å². The summed E-state index contributed by atoms with van der Waals surface area (Å²) in [5.74, 6) is 0.217. The molecule has 4 heteroatoms. The van der Waals surface area contributed by atoms with Crippen LogP contribution in [0.1, 0.15) is 64.7 Å². The number of aromatic hydroxyl groups is 1. The van der Waals surface area contributed by atoms with E-state index in [1.54, 1.807) is 0 Å². The molecule has 0 aliphatic heterocycles. The van der Waals surface area contributed by atoms with Crippen molar-refractivity contribution in [1.82, 2.24) is 0 Å². The molecule has 1 aromatic carbocycles. The number of thiol groups is 1. The first-order valence-electron chi connectivity index (χ1n) is 7.60. The molecule has 3 nitrogen and oxygen atoms in total. The van der Waals surface area contributed by atoms with Gasteiger partial charge in [0.1, 0.15) is 11.7 Å². The lowest BCUT2D eigenvalue weighted by atomic mass is 9.78. The molecule has 0 radical (unpaired) electrons. The van der Waals surface area contributed by atoms with Crippen LogP contribution in [0.25, 0.3) is 0 Å². The highest BCUT2D eigenvalue weighted by molar-refractivity contribution is 7.80. The van der Waals surface area contributed by atoms with E-state index in [9.17, 15) is 9.90 Å². The predicted octanol–water partition coefficient (Wildman–Crippen LogP) is 4.35. The van der Waals surface area contributed by atoms with Crippen molar-refractivity contribution in [3.05, 3.63) is 28.8 Å². The fourth-order valence-corrected chi connectivity index (χ4v) is 2.52. The number of carbonyl (C=O) groups excluding carboxylic acids is 1. The first kappa shape index (κ1) is 18.9. The van der Waals surface area contributed by atoms with Crippen LogP contribution in [0.3, 0.4) is 0 Å². The van der Waals surface area contributed by atoms with E-state index in [0.717, 1.165) is 16.7 Å². The van der Waals surface area contributed by atoms with Crippen molar-refractivity contribution in [2.45, 2.75) is 65.2 Å². The molecule has 0 bridgehead atoms. The lowest BCUT2D eigenvalue weighted by Gasteiger charge is -2.28. The van der Waals surface area contributed by atoms with E-state index in [2.05, 4.69) is 54.2 Å². The van der Waals surface area contributed by atoms with Crippen molar-refractivity contribution >= 4 is 18.6 Å². The topological polar surface area (TPSA) is 46.5 Å². The number of carbonyl (C=O) groups is 1. The zero-order chi connectivity index (χ0) is 17.1. The number of phenols is 1. The molecule has 0 unspecified atom stereocenters. The van der Waals surface area contributed by atoms with Gasteiger partial charge in [0.15, 0.2) is 0 Å². The van der Waals surface area contributed by atoms with Gasteiger partial charge in [-0.25, -0.2) is 0 Å². The lowest BCUT2D eigenvalue weighted by Crippen LogP contribution is -2.18. The minimum Gasteiger partial charge on any atom is -0.507 e. The predicted molar refractivity (Wildman–Crippen MR) is 93.8 cm³/mol. The second-order valence-electron chi connectivity index (χ2n) is 7.68. The maximum atomic E-state index is 11.5. The Morgan fingerprint density at radius 1 is 1.09 bits per heavy atom. The number of benzene rings is 1. The van der Waals surface area contributed by atoms with Crippen molar-refractivity contribution in [1.29, 1.82) is 0 Å². The number of hydrogen-bond acceptors (Lipinski definition) is 4. The maximum Gasteiger partial charge on any atom is 0.306 e. The van der Waals surface area contributed by atoms with E-state index in [1.807, 2.05) is 12.1 Å². The summed E-state index contributed by atoms with van der Waals surface area (Å²) in [6.07, 6.45) is 0.914. The number of hydrogen-bond donors (Lipinski definition) is 2. The first-order valence-corrected chi connectivity index (χ1v) is 8.23. The van der Waals surface area contributed by atoms with E-state index < -0.39 is 0 Å². The molecule has 0 aromatic heterocycles. The number of rotatable bonds is 4. The Hall–Kier alpha value is -1.16. The van der Waals surface area contributed by atoms with E-state index >= 15 is 0 Å². The van der Waals surface area contributed by atoms with Crippen molar-refractivity contribution in [3.63, 3.8) is 0 Å². The number of phenolic OH excluding ortho intramolecular Hbond substituents is 1. The zero-order valence-electron chi connectivity index (χ0n) is 14.5. The van der Waals surface area contributed by atoms with Crippen LogP contribution in [0.5, 0.6) is 5.75 Å². The van der Waals surface area contributed by atoms with Gasteiger partial charge in [0.2, 0.25) is 0 Å². The molecule has 1 rings (SSSR count). The van der Waals surface area contributed by atoms with Gasteiger partial charge in [-0.15, -0.1) is 12.6 Å². The second-order valence-corrected chi connectivity index (χ2v) is 7.94. The molecule has 124 valence electrons. The third kappa shape index (κ3) is 4.94. The average Bonchev–Trinajstić information content (AvgIpc) is 2.35. The molecule has 0 spiro atoms. The van der Waals surface area contributed by atoms with Gasteiger partial charge in [-0.2, -0.15) is 0 Å². The van der Waals surface area contributed by atoms with E-state index in [1.165, 1.54) is 0 Å². The van der Waals surface area contributed by atoms with Crippen molar-refractivity contribution in [2.24, 2.45) is 0 Å². The monoisotopic (exact) mass is 324 g/mol. The molecule has 0 amide bonds. The quantitative estimate of drug-likeness (QED) is 0.492. The summed E-state index contributed by atoms with van der Waals surface area (Å²) in [5.41, 5.74) is 2.55. The van der Waals surface area contributed by atoms with Crippen LogP contribution in [0, 0.1) is 0 Å². The summed E-state index contributed by atoms with van der Waals surface area (Å²) in [7, 11) is 0. The van der Waals surface area contributed by atoms with Gasteiger partial charge in [-0.3, -0.25) is 4.79 Å². The third-order valence-electron chi connectivity index (χ3n) is 3.63. The summed E-state index contributed by atoms with van der Waals surface area (Å²) >= 11 is 3.89. The van der Waals surface area contributed by atoms with Crippen LogP contribution in [0.4, 0.5) is 0 Å². The van der Waals surface area contributed by atoms with Crippen LogP contribution in [-0.4, -0.2) is 17.0 Å². The standard InChI is InChI=1S/C18H28O3S/c1-17(2,3)13-9-12(7-8-15(19)21-11-22)10-14(16(13)20)18(4,5)6/h9-10,20,22H,7-8,11H2,1-6H3. The number of aryl methyl sites for hydroxylation is 1. The Morgan fingerprint density at radius 3 is 1.91 bits per heavy atom. The Kier molecular flexibility index (Phi) is 5.96. The van der Waals surface area contributed by atoms with E-state index in [4.69, 9.17) is 4.74 Å². The first-order chi connectivity index (χ1) is 9.96. The molecule has 1 aromatic rings. The molecule has 1 N–H and O–H groups in total. The Balaban J connectivity index is 3.21. The summed E-state index contributed by atoms with van der Waals surface area (Å²) in [5, 5.41) is 10.6. The van der Waals surface area contributed by atoms with Crippen LogP contribution < -0.4 is 0 Å². The molecule has 0 heterocycles. The lowest BCUT2D eigenvalue weighted by molar-refractivity contribution is -0.141. The SMILES string of the molecule is CC(C)(C)c1cc(CCC(=O)OCS)cc(C(C)(C)C)c1O. The number of ether oxygens (including phenoxy) is 1. The van der Waals surface area contributed by atoms with Crippen LogP contribution >= 0.6 is 12.6 Å². The molecule has 22 heavy (non-hydrogen) atoms. The molecule has 0 atom stereocenters. The smallest absolute Gasteiger partial charge is 0.306 e. The molecule has 0 aliphatic carbocycles. The van der Waals surface area contributed by atoms with Crippen LogP contribution in [-0.2, 0) is 26.8 Å². The Morgan fingerprint density at radius 2 is 1.55 bits per heavy atom. The van der Waals surface area contributed by atoms with Crippen LogP contribution in [0.2, 0.25) is 0 Å². The van der Waals surface area contributed by atoms with Crippen molar-refractivity contribution in [3.8, 4) is 5.75 Å². The maximum absolute atomic E-state index is 11.5. The van der Waals surface area contributed by atoms with Gasteiger partial charge in [0.05, 0.1) is 0 Å². The normalized spacial score (nSPS) is 12.3. The van der Waals surface area contributed by atoms with Gasteiger partial charge < -0.3 is 9.84 Å². The highest BCUT2D eigenvalue weighted by atomic mass is 32.1. The van der Waals surface area contributed by atoms with Crippen molar-refractivity contribution in [2.75, 3.05) is 5.94 Å².